The van der Waals surface area contributed by atoms with Crippen LogP contribution in [0, 0.1) is 13.8 Å². The largest absolute Gasteiger partial charge is 0.508 e. The Morgan fingerprint density at radius 3 is 2.40 bits per heavy atom. The first kappa shape index (κ1) is 14.2. The Kier molecular flexibility index (Phi) is 3.86. The maximum absolute atomic E-state index is 12.2. The van der Waals surface area contributed by atoms with Gasteiger partial charge in [-0.3, -0.25) is 4.79 Å². The van der Waals surface area contributed by atoms with Crippen molar-refractivity contribution >= 4 is 28.9 Å². The number of nitrogens with two attached hydrogens (primary N) is 1. The van der Waals surface area contributed by atoms with Crippen molar-refractivity contribution in [1.29, 1.82) is 0 Å². The van der Waals surface area contributed by atoms with Crippen LogP contribution in [0.4, 0.5) is 11.4 Å². The van der Waals surface area contributed by atoms with Crippen LogP contribution in [-0.2, 0) is 0 Å². The van der Waals surface area contributed by atoms with Gasteiger partial charge in [-0.1, -0.05) is 11.6 Å². The number of carbonyl (C=O) groups excluding carboxylic acids is 1. The molecule has 1 amide bonds. The average molecular weight is 291 g/mol. The summed E-state index contributed by atoms with van der Waals surface area (Å²) in [6, 6.07) is 7.81. The third-order valence-corrected chi connectivity index (χ3v) is 3.32. The molecule has 0 unspecified atom stereocenters. The fourth-order valence-corrected chi connectivity index (χ4v) is 2.27. The molecular formula is C15H15ClN2O2. The highest BCUT2D eigenvalue weighted by atomic mass is 35.5. The number of phenols is 1. The second-order valence-corrected chi connectivity index (χ2v) is 5.06. The third kappa shape index (κ3) is 2.86. The zero-order valence-electron chi connectivity index (χ0n) is 11.2. The minimum atomic E-state index is -0.373. The standard InChI is InChI=1S/C15H15ClN2O2/c1-8-5-10(17)6-9(2)14(8)18-15(20)12-7-11(19)3-4-13(12)16/h3-7,19H,17H2,1-2H3,(H,18,20). The Labute approximate surface area is 122 Å². The minimum Gasteiger partial charge on any atom is -0.508 e. The van der Waals surface area contributed by atoms with Crippen molar-refractivity contribution in [3.05, 3.63) is 52.0 Å². The molecule has 0 radical (unpaired) electrons. The molecule has 0 heterocycles. The normalized spacial score (nSPS) is 10.3. The summed E-state index contributed by atoms with van der Waals surface area (Å²) in [5.41, 5.74) is 9.05. The number of anilines is 2. The van der Waals surface area contributed by atoms with Crippen LogP contribution in [0.1, 0.15) is 21.5 Å². The van der Waals surface area contributed by atoms with Gasteiger partial charge < -0.3 is 16.2 Å². The molecule has 2 aromatic carbocycles. The summed E-state index contributed by atoms with van der Waals surface area (Å²) >= 11 is 5.97. The number of nitrogens with one attached hydrogen (secondary N) is 1. The SMILES string of the molecule is Cc1cc(N)cc(C)c1NC(=O)c1cc(O)ccc1Cl. The lowest BCUT2D eigenvalue weighted by Gasteiger charge is -2.13. The summed E-state index contributed by atoms with van der Waals surface area (Å²) in [5.74, 6) is -0.382. The fraction of sp³-hybridized carbons (Fsp3) is 0.133. The number of hydrogen-bond acceptors (Lipinski definition) is 3. The minimum absolute atomic E-state index is 0.00898. The average Bonchev–Trinajstić information content (AvgIpc) is 2.36. The summed E-state index contributed by atoms with van der Waals surface area (Å²) in [6.07, 6.45) is 0. The van der Waals surface area contributed by atoms with E-state index in [1.807, 2.05) is 13.8 Å². The van der Waals surface area contributed by atoms with Gasteiger partial charge in [0.15, 0.2) is 0 Å². The molecule has 0 aromatic heterocycles. The van der Waals surface area contributed by atoms with Crippen molar-refractivity contribution in [2.45, 2.75) is 13.8 Å². The monoisotopic (exact) mass is 290 g/mol. The van der Waals surface area contributed by atoms with E-state index in [1.54, 1.807) is 12.1 Å². The smallest absolute Gasteiger partial charge is 0.257 e. The lowest BCUT2D eigenvalue weighted by atomic mass is 10.1. The first-order valence-electron chi connectivity index (χ1n) is 6.05. The van der Waals surface area contributed by atoms with Crippen LogP contribution < -0.4 is 11.1 Å². The van der Waals surface area contributed by atoms with Gasteiger partial charge in [-0.05, 0) is 55.3 Å². The van der Waals surface area contributed by atoms with Crippen LogP contribution in [0.25, 0.3) is 0 Å². The first-order chi connectivity index (χ1) is 9.38. The number of hydrogen-bond donors (Lipinski definition) is 3. The highest BCUT2D eigenvalue weighted by Crippen LogP contribution is 2.26. The quantitative estimate of drug-likeness (QED) is 0.741. The van der Waals surface area contributed by atoms with Gasteiger partial charge in [0.05, 0.1) is 10.6 Å². The van der Waals surface area contributed by atoms with E-state index in [9.17, 15) is 9.90 Å². The molecular weight excluding hydrogens is 276 g/mol. The summed E-state index contributed by atoms with van der Waals surface area (Å²) in [7, 11) is 0. The molecule has 0 aliphatic carbocycles. The molecule has 0 bridgehead atoms. The predicted octanol–water partition coefficient (Wildman–Crippen LogP) is 3.50. The van der Waals surface area contributed by atoms with Gasteiger partial charge in [0, 0.05) is 11.4 Å². The predicted molar refractivity (Wildman–Crippen MR) is 81.4 cm³/mol. The number of aromatic hydroxyl groups is 1. The maximum Gasteiger partial charge on any atom is 0.257 e. The molecule has 104 valence electrons. The second-order valence-electron chi connectivity index (χ2n) is 4.65. The van der Waals surface area contributed by atoms with Crippen molar-refractivity contribution in [2.24, 2.45) is 0 Å². The summed E-state index contributed by atoms with van der Waals surface area (Å²) in [4.78, 5) is 12.2. The Morgan fingerprint density at radius 2 is 1.80 bits per heavy atom. The molecule has 0 atom stereocenters. The van der Waals surface area contributed by atoms with Gasteiger partial charge in [-0.15, -0.1) is 0 Å². The molecule has 0 fully saturated rings. The van der Waals surface area contributed by atoms with E-state index in [1.165, 1.54) is 18.2 Å². The number of amides is 1. The number of nitrogen functional groups attached to an aromatic ring is 1. The molecule has 5 heteroatoms. The van der Waals surface area contributed by atoms with E-state index >= 15 is 0 Å². The highest BCUT2D eigenvalue weighted by Gasteiger charge is 2.14. The van der Waals surface area contributed by atoms with Crippen molar-refractivity contribution in [3.8, 4) is 5.75 Å². The number of rotatable bonds is 2. The van der Waals surface area contributed by atoms with Crippen molar-refractivity contribution < 1.29 is 9.90 Å². The van der Waals surface area contributed by atoms with Crippen LogP contribution in [0.15, 0.2) is 30.3 Å². The zero-order chi connectivity index (χ0) is 14.9. The van der Waals surface area contributed by atoms with Gasteiger partial charge in [-0.25, -0.2) is 0 Å². The van der Waals surface area contributed by atoms with Crippen molar-refractivity contribution in [3.63, 3.8) is 0 Å². The van der Waals surface area contributed by atoms with E-state index in [-0.39, 0.29) is 22.2 Å². The van der Waals surface area contributed by atoms with Crippen LogP contribution >= 0.6 is 11.6 Å². The molecule has 0 saturated heterocycles. The number of halogens is 1. The Morgan fingerprint density at radius 1 is 1.20 bits per heavy atom. The van der Waals surface area contributed by atoms with Gasteiger partial charge in [0.1, 0.15) is 5.75 Å². The number of carbonyl (C=O) groups is 1. The topological polar surface area (TPSA) is 75.3 Å². The molecule has 2 rings (SSSR count). The Hall–Kier alpha value is -2.20. The second kappa shape index (κ2) is 5.43. The molecule has 0 aliphatic rings. The van der Waals surface area contributed by atoms with Gasteiger partial charge in [0.2, 0.25) is 0 Å². The van der Waals surface area contributed by atoms with E-state index in [2.05, 4.69) is 5.32 Å². The number of phenolic OH excluding ortho intramolecular Hbond substituents is 1. The lowest BCUT2D eigenvalue weighted by Crippen LogP contribution is -2.14. The van der Waals surface area contributed by atoms with Gasteiger partial charge in [-0.2, -0.15) is 0 Å². The van der Waals surface area contributed by atoms with E-state index in [0.717, 1.165) is 11.1 Å². The molecule has 0 aliphatic heterocycles. The fourth-order valence-electron chi connectivity index (χ4n) is 2.06. The zero-order valence-corrected chi connectivity index (χ0v) is 12.0. The van der Waals surface area contributed by atoms with E-state index in [0.29, 0.717) is 11.4 Å². The first-order valence-corrected chi connectivity index (χ1v) is 6.43. The molecule has 4 nitrogen and oxygen atoms in total. The third-order valence-electron chi connectivity index (χ3n) is 2.99. The number of aryl methyl sites for hydroxylation is 2. The number of benzene rings is 2. The Balaban J connectivity index is 2.35. The lowest BCUT2D eigenvalue weighted by molar-refractivity contribution is 0.102. The van der Waals surface area contributed by atoms with Crippen molar-refractivity contribution in [1.82, 2.24) is 0 Å². The maximum atomic E-state index is 12.2. The highest BCUT2D eigenvalue weighted by molar-refractivity contribution is 6.34. The molecule has 0 spiro atoms. The summed E-state index contributed by atoms with van der Waals surface area (Å²) in [6.45, 7) is 3.73. The Bertz CT molecular complexity index is 661. The van der Waals surface area contributed by atoms with Crippen molar-refractivity contribution in [2.75, 3.05) is 11.1 Å². The van der Waals surface area contributed by atoms with Crippen LogP contribution in [-0.4, -0.2) is 11.0 Å². The van der Waals surface area contributed by atoms with Crippen LogP contribution in [0.2, 0.25) is 5.02 Å². The summed E-state index contributed by atoms with van der Waals surface area (Å²) in [5, 5.41) is 12.5. The van der Waals surface area contributed by atoms with E-state index in [4.69, 9.17) is 17.3 Å². The van der Waals surface area contributed by atoms with Crippen LogP contribution in [0.3, 0.4) is 0 Å². The molecule has 20 heavy (non-hydrogen) atoms. The molecule has 4 N–H and O–H groups in total. The molecule has 2 aromatic rings. The summed E-state index contributed by atoms with van der Waals surface area (Å²) < 4.78 is 0. The van der Waals surface area contributed by atoms with Crippen LogP contribution in [0.5, 0.6) is 5.75 Å². The van der Waals surface area contributed by atoms with E-state index < -0.39 is 0 Å². The van der Waals surface area contributed by atoms with Gasteiger partial charge in [0.25, 0.3) is 5.91 Å². The van der Waals surface area contributed by atoms with Gasteiger partial charge >= 0.3 is 0 Å². The molecule has 0 saturated carbocycles.